The molecule has 1 saturated heterocycles. The van der Waals surface area contributed by atoms with Crippen molar-refractivity contribution in [2.45, 2.75) is 12.3 Å². The van der Waals surface area contributed by atoms with Crippen LogP contribution in [0.4, 0.5) is 0 Å². The summed E-state index contributed by atoms with van der Waals surface area (Å²) in [4.78, 5) is 10.2. The standard InChI is InChI=1S/C6H7N5/c1-7-4-5(8-2)11-6(9-3)10-4/h4-5H,3H3,(H2,9,10,11). The summed E-state index contributed by atoms with van der Waals surface area (Å²) in [6.45, 7) is 13.4. The lowest BCUT2D eigenvalue weighted by Crippen LogP contribution is -2.26. The van der Waals surface area contributed by atoms with Crippen LogP contribution in [0.3, 0.4) is 0 Å². The average Bonchev–Trinajstić information content (AvgIpc) is 2.46. The Morgan fingerprint density at radius 3 is 2.00 bits per heavy atom. The van der Waals surface area contributed by atoms with Crippen molar-refractivity contribution >= 4 is 5.96 Å². The first-order valence-corrected chi connectivity index (χ1v) is 3.05. The molecule has 11 heavy (non-hydrogen) atoms. The van der Waals surface area contributed by atoms with E-state index in [9.17, 15) is 0 Å². The Morgan fingerprint density at radius 1 is 1.27 bits per heavy atom. The fourth-order valence-corrected chi connectivity index (χ4v) is 0.815. The van der Waals surface area contributed by atoms with Crippen LogP contribution in [-0.4, -0.2) is 25.3 Å². The van der Waals surface area contributed by atoms with Crippen molar-refractivity contribution in [1.82, 2.24) is 10.6 Å². The molecule has 0 saturated carbocycles. The van der Waals surface area contributed by atoms with Gasteiger partial charge in [0.15, 0.2) is 0 Å². The number of nitrogens with zero attached hydrogens (tertiary/aromatic N) is 3. The molecule has 1 heterocycles. The highest BCUT2D eigenvalue weighted by Crippen LogP contribution is 2.03. The van der Waals surface area contributed by atoms with Gasteiger partial charge in [0.05, 0.1) is 0 Å². The molecule has 0 radical (unpaired) electrons. The van der Waals surface area contributed by atoms with Crippen molar-refractivity contribution in [3.05, 3.63) is 22.8 Å². The van der Waals surface area contributed by atoms with Crippen molar-refractivity contribution < 1.29 is 0 Å². The van der Waals surface area contributed by atoms with Crippen LogP contribution in [0.1, 0.15) is 0 Å². The van der Waals surface area contributed by atoms with Gasteiger partial charge in [0, 0.05) is 7.05 Å². The second-order valence-electron chi connectivity index (χ2n) is 2.01. The zero-order valence-corrected chi connectivity index (χ0v) is 6.00. The third kappa shape index (κ3) is 1.22. The normalized spacial score (nSPS) is 27.7. The summed E-state index contributed by atoms with van der Waals surface area (Å²) >= 11 is 0. The number of guanidine groups is 1. The third-order valence-electron chi connectivity index (χ3n) is 1.37. The van der Waals surface area contributed by atoms with E-state index in [1.807, 2.05) is 0 Å². The van der Waals surface area contributed by atoms with E-state index in [2.05, 4.69) is 25.3 Å². The molecular formula is C6H7N5. The number of hydrogen-bond acceptors (Lipinski definition) is 1. The Labute approximate surface area is 64.8 Å². The molecule has 1 aliphatic rings. The van der Waals surface area contributed by atoms with Gasteiger partial charge < -0.3 is 0 Å². The number of rotatable bonds is 0. The molecule has 0 bridgehead atoms. The quantitative estimate of drug-likeness (QED) is 0.463. The minimum Gasteiger partial charge on any atom is -0.278 e. The van der Waals surface area contributed by atoms with Gasteiger partial charge in [-0.2, -0.15) is 0 Å². The van der Waals surface area contributed by atoms with Crippen LogP contribution in [0.5, 0.6) is 0 Å². The zero-order chi connectivity index (χ0) is 8.27. The molecule has 56 valence electrons. The van der Waals surface area contributed by atoms with Gasteiger partial charge in [0.1, 0.15) is 0 Å². The molecule has 1 aliphatic heterocycles. The van der Waals surface area contributed by atoms with Gasteiger partial charge in [-0.25, -0.2) is 13.1 Å². The van der Waals surface area contributed by atoms with Crippen molar-refractivity contribution in [3.8, 4) is 0 Å². The molecule has 2 atom stereocenters. The van der Waals surface area contributed by atoms with E-state index in [1.165, 1.54) is 0 Å². The van der Waals surface area contributed by atoms with Gasteiger partial charge in [0.25, 0.3) is 0 Å². The van der Waals surface area contributed by atoms with E-state index < -0.39 is 12.3 Å². The molecule has 1 fully saturated rings. The molecule has 2 N–H and O–H groups in total. The first-order valence-electron chi connectivity index (χ1n) is 3.05. The van der Waals surface area contributed by atoms with Crippen LogP contribution in [-0.2, 0) is 0 Å². The molecule has 0 aliphatic carbocycles. The van der Waals surface area contributed by atoms with E-state index in [0.717, 1.165) is 0 Å². The van der Waals surface area contributed by atoms with Crippen LogP contribution < -0.4 is 10.6 Å². The highest BCUT2D eigenvalue weighted by Gasteiger charge is 2.40. The number of aliphatic imine (C=N–C) groups is 1. The minimum atomic E-state index is -0.494. The van der Waals surface area contributed by atoms with Crippen LogP contribution >= 0.6 is 0 Å². The van der Waals surface area contributed by atoms with E-state index in [-0.39, 0.29) is 0 Å². The fraction of sp³-hybridized carbons (Fsp3) is 0.500. The van der Waals surface area contributed by atoms with E-state index in [1.54, 1.807) is 7.05 Å². The average molecular weight is 149 g/mol. The fourth-order valence-electron chi connectivity index (χ4n) is 0.815. The van der Waals surface area contributed by atoms with E-state index in [4.69, 9.17) is 13.1 Å². The van der Waals surface area contributed by atoms with Crippen molar-refractivity contribution in [2.24, 2.45) is 4.99 Å². The maximum atomic E-state index is 6.72. The van der Waals surface area contributed by atoms with E-state index >= 15 is 0 Å². The topological polar surface area (TPSA) is 45.1 Å². The monoisotopic (exact) mass is 149 g/mol. The van der Waals surface area contributed by atoms with Gasteiger partial charge >= 0.3 is 12.3 Å². The molecule has 5 nitrogen and oxygen atoms in total. The first-order chi connectivity index (χ1) is 5.31. The SMILES string of the molecule is [C-]#[N+]C1NC(=NC)NC1[N+]#[C-]. The predicted octanol–water partition coefficient (Wildman–Crippen LogP) is -0.344. The molecule has 1 rings (SSSR count). The highest BCUT2D eigenvalue weighted by atomic mass is 15.4. The van der Waals surface area contributed by atoms with Crippen LogP contribution in [0, 0.1) is 13.1 Å². The minimum absolute atomic E-state index is 0.494. The Bertz CT molecular complexity index is 231. The predicted molar refractivity (Wildman–Crippen MR) is 40.4 cm³/mol. The van der Waals surface area contributed by atoms with Crippen LogP contribution in [0.15, 0.2) is 4.99 Å². The first kappa shape index (κ1) is 7.36. The second-order valence-corrected chi connectivity index (χ2v) is 2.01. The van der Waals surface area contributed by atoms with E-state index in [0.29, 0.717) is 5.96 Å². The van der Waals surface area contributed by atoms with Crippen LogP contribution in [0.25, 0.3) is 9.69 Å². The van der Waals surface area contributed by atoms with Gasteiger partial charge in [-0.15, -0.1) is 0 Å². The van der Waals surface area contributed by atoms with Crippen molar-refractivity contribution in [3.63, 3.8) is 0 Å². The summed E-state index contributed by atoms with van der Waals surface area (Å²) in [7, 11) is 1.60. The summed E-state index contributed by atoms with van der Waals surface area (Å²) < 4.78 is 0. The Balaban J connectivity index is 2.74. The molecule has 0 spiro atoms. The second kappa shape index (κ2) is 2.89. The van der Waals surface area contributed by atoms with Crippen molar-refractivity contribution in [1.29, 1.82) is 0 Å². The summed E-state index contributed by atoms with van der Waals surface area (Å²) in [6.07, 6.45) is -0.989. The van der Waals surface area contributed by atoms with Crippen molar-refractivity contribution in [2.75, 3.05) is 7.05 Å². The molecule has 0 aromatic heterocycles. The summed E-state index contributed by atoms with van der Waals surface area (Å²) in [6, 6.07) is 0. The zero-order valence-electron chi connectivity index (χ0n) is 6.00. The molecule has 0 aromatic rings. The van der Waals surface area contributed by atoms with Gasteiger partial charge in [-0.05, 0) is 0 Å². The summed E-state index contributed by atoms with van der Waals surface area (Å²) in [5, 5.41) is 5.52. The summed E-state index contributed by atoms with van der Waals surface area (Å²) in [5.74, 6) is 0.520. The lowest BCUT2D eigenvalue weighted by atomic mass is 10.4. The molecule has 2 unspecified atom stereocenters. The lowest BCUT2D eigenvalue weighted by molar-refractivity contribution is 0.674. The highest BCUT2D eigenvalue weighted by molar-refractivity contribution is 5.83. The molecule has 0 amide bonds. The maximum absolute atomic E-state index is 6.72. The maximum Gasteiger partial charge on any atom is 0.392 e. The molecule has 0 aromatic carbocycles. The molecule has 5 heteroatoms. The lowest BCUT2D eigenvalue weighted by Gasteiger charge is -1.91. The Hall–Kier alpha value is -1.75. The van der Waals surface area contributed by atoms with Gasteiger partial charge in [-0.1, -0.05) is 0 Å². The third-order valence-corrected chi connectivity index (χ3v) is 1.37. The number of nitrogens with one attached hydrogen (secondary N) is 2. The smallest absolute Gasteiger partial charge is 0.278 e. The summed E-state index contributed by atoms with van der Waals surface area (Å²) in [5.41, 5.74) is 0. The Kier molecular flexibility index (Phi) is 1.93. The molecular weight excluding hydrogens is 142 g/mol. The van der Waals surface area contributed by atoms with Crippen LogP contribution in [0.2, 0.25) is 0 Å². The largest absolute Gasteiger partial charge is 0.392 e. The van der Waals surface area contributed by atoms with Gasteiger partial charge in [-0.3, -0.25) is 25.3 Å². The number of hydrogen-bond donors (Lipinski definition) is 2. The Morgan fingerprint density at radius 2 is 1.73 bits per heavy atom. The van der Waals surface area contributed by atoms with Gasteiger partial charge in [0.2, 0.25) is 5.96 Å².